The minimum Gasteiger partial charge on any atom is -0.325 e. The van der Waals surface area contributed by atoms with Gasteiger partial charge in [0.15, 0.2) is 5.65 Å². The lowest BCUT2D eigenvalue weighted by Crippen LogP contribution is -2.33. The van der Waals surface area contributed by atoms with Gasteiger partial charge in [-0.15, -0.1) is 14.8 Å². The number of hydrogen-bond donors (Lipinski definition) is 1. The number of aromatic nitrogens is 4. The van der Waals surface area contributed by atoms with Crippen LogP contribution >= 0.6 is 11.6 Å². The van der Waals surface area contributed by atoms with E-state index in [1.54, 1.807) is 4.63 Å². The van der Waals surface area contributed by atoms with Crippen LogP contribution in [0.4, 0.5) is 23.0 Å². The molecule has 7 rings (SSSR count). The van der Waals surface area contributed by atoms with Crippen molar-refractivity contribution in [1.29, 1.82) is 0 Å². The molecule has 1 aliphatic rings. The Bertz CT molecular complexity index is 1780. The highest BCUT2D eigenvalue weighted by Crippen LogP contribution is 2.38. The van der Waals surface area contributed by atoms with Crippen molar-refractivity contribution in [2.45, 2.75) is 6.92 Å². The van der Waals surface area contributed by atoms with Gasteiger partial charge in [0.2, 0.25) is 11.9 Å². The lowest BCUT2D eigenvalue weighted by atomic mass is 10.2. The minimum atomic E-state index is 0.616. The Balaban J connectivity index is 1.54. The SMILES string of the molecule is Cc1ccc(NC2=Nc3ccccc3-n3c(nn4nc5ccccc5c34)N2c2ccc(Cl)cc2)cc1. The van der Waals surface area contributed by atoms with Crippen LogP contribution in [0.15, 0.2) is 102 Å². The molecule has 6 aromatic rings. The van der Waals surface area contributed by atoms with Crippen molar-refractivity contribution in [2.75, 3.05) is 10.2 Å². The topological polar surface area (TPSA) is 62.8 Å². The number of benzene rings is 4. The van der Waals surface area contributed by atoms with E-state index in [1.807, 2.05) is 77.7 Å². The van der Waals surface area contributed by atoms with Crippen LogP contribution in [0.25, 0.3) is 22.2 Å². The molecule has 2 aromatic heterocycles. The van der Waals surface area contributed by atoms with E-state index in [4.69, 9.17) is 26.8 Å². The first-order chi connectivity index (χ1) is 17.7. The van der Waals surface area contributed by atoms with Crippen molar-refractivity contribution in [3.8, 4) is 5.69 Å². The molecule has 1 aliphatic heterocycles. The number of para-hydroxylation sites is 2. The minimum absolute atomic E-state index is 0.616. The fourth-order valence-electron chi connectivity index (χ4n) is 4.56. The van der Waals surface area contributed by atoms with Crippen LogP contribution in [0, 0.1) is 6.92 Å². The Kier molecular flexibility index (Phi) is 4.59. The third kappa shape index (κ3) is 3.25. The summed E-state index contributed by atoms with van der Waals surface area (Å²) in [5.41, 5.74) is 6.46. The zero-order valence-corrected chi connectivity index (χ0v) is 20.1. The number of guanidine groups is 1. The third-order valence-electron chi connectivity index (χ3n) is 6.29. The van der Waals surface area contributed by atoms with Crippen LogP contribution in [0.3, 0.4) is 0 Å². The Morgan fingerprint density at radius 3 is 2.36 bits per heavy atom. The molecule has 1 N–H and O–H groups in total. The molecular formula is C28H20ClN7. The number of aryl methyl sites for hydroxylation is 1. The molecule has 36 heavy (non-hydrogen) atoms. The summed E-state index contributed by atoms with van der Waals surface area (Å²) in [6.07, 6.45) is 0. The number of hydrogen-bond acceptors (Lipinski definition) is 5. The van der Waals surface area contributed by atoms with Gasteiger partial charge < -0.3 is 5.32 Å². The Hall–Kier alpha value is -4.62. The summed E-state index contributed by atoms with van der Waals surface area (Å²) in [6, 6.07) is 32.0. The molecule has 174 valence electrons. The zero-order chi connectivity index (χ0) is 24.2. The van der Waals surface area contributed by atoms with Crippen LogP contribution in [0.5, 0.6) is 0 Å². The van der Waals surface area contributed by atoms with Crippen LogP contribution in [-0.2, 0) is 0 Å². The van der Waals surface area contributed by atoms with E-state index < -0.39 is 0 Å². The fraction of sp³-hybridized carbons (Fsp3) is 0.0357. The Morgan fingerprint density at radius 2 is 1.53 bits per heavy atom. The van der Waals surface area contributed by atoms with Crippen LogP contribution in [0.1, 0.15) is 5.56 Å². The normalized spacial score (nSPS) is 12.8. The van der Waals surface area contributed by atoms with Crippen molar-refractivity contribution in [3.05, 3.63) is 108 Å². The summed E-state index contributed by atoms with van der Waals surface area (Å²) in [4.78, 5) is 7.10. The summed E-state index contributed by atoms with van der Waals surface area (Å²) in [5.74, 6) is 1.28. The van der Waals surface area contributed by atoms with Crippen LogP contribution < -0.4 is 10.2 Å². The Labute approximate surface area is 211 Å². The van der Waals surface area contributed by atoms with Gasteiger partial charge in [0.05, 0.1) is 22.6 Å². The first-order valence-corrected chi connectivity index (χ1v) is 12.0. The molecule has 0 bridgehead atoms. The number of nitrogens with zero attached hydrogens (tertiary/aromatic N) is 6. The maximum atomic E-state index is 6.25. The third-order valence-corrected chi connectivity index (χ3v) is 6.54. The van der Waals surface area contributed by atoms with Gasteiger partial charge in [-0.05, 0) is 67.6 Å². The zero-order valence-electron chi connectivity index (χ0n) is 19.3. The molecule has 0 atom stereocenters. The first-order valence-electron chi connectivity index (χ1n) is 11.6. The quantitative estimate of drug-likeness (QED) is 0.288. The van der Waals surface area contributed by atoms with Crippen molar-refractivity contribution in [1.82, 2.24) is 19.4 Å². The van der Waals surface area contributed by atoms with Crippen LogP contribution in [0.2, 0.25) is 5.02 Å². The summed E-state index contributed by atoms with van der Waals surface area (Å²) < 4.78 is 3.82. The highest BCUT2D eigenvalue weighted by atomic mass is 35.5. The molecule has 8 heteroatoms. The van der Waals surface area contributed by atoms with E-state index in [0.29, 0.717) is 16.9 Å². The largest absolute Gasteiger partial charge is 0.325 e. The van der Waals surface area contributed by atoms with E-state index >= 15 is 0 Å². The lowest BCUT2D eigenvalue weighted by molar-refractivity contribution is 0.833. The molecule has 3 heterocycles. The second-order valence-electron chi connectivity index (χ2n) is 8.69. The van der Waals surface area contributed by atoms with Crippen molar-refractivity contribution < 1.29 is 0 Å². The standard InChI is InChI=1S/C28H20ClN7/c1-18-10-14-20(15-11-18)30-27-31-24-8-4-5-9-25(24)35-26-22-6-2-3-7-23(22)32-36(26)33-28(35)34(27)21-16-12-19(29)13-17-21/h2-17H,1H3,(H,30,31). The molecule has 0 aliphatic carbocycles. The smallest absolute Gasteiger partial charge is 0.243 e. The van der Waals surface area contributed by atoms with E-state index in [9.17, 15) is 0 Å². The van der Waals surface area contributed by atoms with E-state index in [0.717, 1.165) is 39.3 Å². The van der Waals surface area contributed by atoms with Gasteiger partial charge in [0.1, 0.15) is 0 Å². The van der Waals surface area contributed by atoms with Gasteiger partial charge in [0.25, 0.3) is 0 Å². The molecular weight excluding hydrogens is 470 g/mol. The average Bonchev–Trinajstić information content (AvgIpc) is 3.39. The number of halogens is 1. The molecule has 0 spiro atoms. The van der Waals surface area contributed by atoms with Crippen molar-refractivity contribution >= 4 is 57.1 Å². The molecule has 0 radical (unpaired) electrons. The molecule has 0 fully saturated rings. The second-order valence-corrected chi connectivity index (χ2v) is 9.13. The summed E-state index contributed by atoms with van der Waals surface area (Å²) in [5, 5.41) is 14.9. The number of rotatable bonds is 2. The van der Waals surface area contributed by atoms with E-state index in [2.05, 4.69) is 41.1 Å². The first kappa shape index (κ1) is 20.7. The van der Waals surface area contributed by atoms with Gasteiger partial charge in [-0.3, -0.25) is 4.57 Å². The van der Waals surface area contributed by atoms with Crippen LogP contribution in [-0.4, -0.2) is 25.4 Å². The molecule has 0 unspecified atom stereocenters. The average molecular weight is 490 g/mol. The predicted octanol–water partition coefficient (Wildman–Crippen LogP) is 6.89. The monoisotopic (exact) mass is 489 g/mol. The number of anilines is 3. The lowest BCUT2D eigenvalue weighted by Gasteiger charge is -2.24. The van der Waals surface area contributed by atoms with Gasteiger partial charge in [0, 0.05) is 16.1 Å². The van der Waals surface area contributed by atoms with Gasteiger partial charge >= 0.3 is 0 Å². The molecule has 0 saturated carbocycles. The molecule has 0 saturated heterocycles. The van der Waals surface area contributed by atoms with Gasteiger partial charge in [-0.2, -0.15) is 0 Å². The number of nitrogens with one attached hydrogen (secondary N) is 1. The molecule has 4 aromatic carbocycles. The Morgan fingerprint density at radius 1 is 0.778 bits per heavy atom. The highest BCUT2D eigenvalue weighted by Gasteiger charge is 2.30. The maximum Gasteiger partial charge on any atom is 0.243 e. The number of fused-ring (bicyclic) bond motifs is 7. The maximum absolute atomic E-state index is 6.25. The summed E-state index contributed by atoms with van der Waals surface area (Å²) in [7, 11) is 0. The number of aliphatic imine (C=N–C) groups is 1. The van der Waals surface area contributed by atoms with Gasteiger partial charge in [-0.25, -0.2) is 9.89 Å². The van der Waals surface area contributed by atoms with Crippen molar-refractivity contribution in [3.63, 3.8) is 0 Å². The fourth-order valence-corrected chi connectivity index (χ4v) is 4.69. The van der Waals surface area contributed by atoms with E-state index in [-0.39, 0.29) is 0 Å². The summed E-state index contributed by atoms with van der Waals surface area (Å²) >= 11 is 6.25. The summed E-state index contributed by atoms with van der Waals surface area (Å²) in [6.45, 7) is 2.07. The van der Waals surface area contributed by atoms with Crippen molar-refractivity contribution in [2.24, 2.45) is 4.99 Å². The van der Waals surface area contributed by atoms with Gasteiger partial charge in [-0.1, -0.05) is 53.6 Å². The van der Waals surface area contributed by atoms with E-state index in [1.165, 1.54) is 5.56 Å². The molecule has 0 amide bonds. The molecule has 7 nitrogen and oxygen atoms in total. The highest BCUT2D eigenvalue weighted by molar-refractivity contribution is 6.30. The second kappa shape index (κ2) is 7.96. The predicted molar refractivity (Wildman–Crippen MR) is 145 cm³/mol.